The molecular formula is C14H21NOS. The molecule has 0 saturated heterocycles. The molecule has 0 radical (unpaired) electrons. The van der Waals surface area contributed by atoms with E-state index in [0.717, 1.165) is 34.9 Å². The van der Waals surface area contributed by atoms with E-state index in [1.54, 1.807) is 0 Å². The highest BCUT2D eigenvalue weighted by Gasteiger charge is 2.24. The fourth-order valence-corrected chi connectivity index (χ4v) is 4.16. The number of hydrogen-bond donors (Lipinski definition) is 1. The second kappa shape index (κ2) is 5.21. The summed E-state index contributed by atoms with van der Waals surface area (Å²) in [6.45, 7) is 4.28. The minimum Gasteiger partial charge on any atom is -0.399 e. The predicted octanol–water partition coefficient (Wildman–Crippen LogP) is 3.26. The molecular weight excluding hydrogens is 230 g/mol. The molecule has 1 saturated carbocycles. The first kappa shape index (κ1) is 12.6. The van der Waals surface area contributed by atoms with Crippen LogP contribution < -0.4 is 5.73 Å². The minimum absolute atomic E-state index is 0.341. The van der Waals surface area contributed by atoms with Crippen molar-refractivity contribution in [2.45, 2.75) is 49.7 Å². The number of benzene rings is 1. The van der Waals surface area contributed by atoms with Gasteiger partial charge in [0.1, 0.15) is 0 Å². The molecule has 1 aromatic rings. The highest BCUT2D eigenvalue weighted by molar-refractivity contribution is 7.85. The zero-order valence-electron chi connectivity index (χ0n) is 10.6. The monoisotopic (exact) mass is 251 g/mol. The highest BCUT2D eigenvalue weighted by atomic mass is 32.2. The van der Waals surface area contributed by atoms with Crippen molar-refractivity contribution in [2.75, 3.05) is 5.73 Å². The lowest BCUT2D eigenvalue weighted by molar-refractivity contribution is 0.389. The molecule has 0 amide bonds. The van der Waals surface area contributed by atoms with Gasteiger partial charge in [0.15, 0.2) is 0 Å². The van der Waals surface area contributed by atoms with E-state index in [2.05, 4.69) is 6.92 Å². The SMILES string of the molecule is Cc1cc(N)ccc1S(=O)C1CCC(C)CC1. The van der Waals surface area contributed by atoms with Crippen LogP contribution in [0.25, 0.3) is 0 Å². The number of anilines is 1. The van der Waals surface area contributed by atoms with Crippen molar-refractivity contribution in [3.63, 3.8) is 0 Å². The van der Waals surface area contributed by atoms with E-state index in [4.69, 9.17) is 5.73 Å². The fraction of sp³-hybridized carbons (Fsp3) is 0.571. The molecule has 0 spiro atoms. The van der Waals surface area contributed by atoms with Crippen molar-refractivity contribution in [1.29, 1.82) is 0 Å². The predicted molar refractivity (Wildman–Crippen MR) is 73.4 cm³/mol. The van der Waals surface area contributed by atoms with Gasteiger partial charge < -0.3 is 5.73 Å². The lowest BCUT2D eigenvalue weighted by atomic mass is 9.91. The van der Waals surface area contributed by atoms with Gasteiger partial charge in [-0.1, -0.05) is 6.92 Å². The van der Waals surface area contributed by atoms with Crippen LogP contribution in [0.15, 0.2) is 23.1 Å². The van der Waals surface area contributed by atoms with Gasteiger partial charge >= 0.3 is 0 Å². The van der Waals surface area contributed by atoms with Crippen molar-refractivity contribution < 1.29 is 4.21 Å². The summed E-state index contributed by atoms with van der Waals surface area (Å²) in [5, 5.41) is 0.341. The van der Waals surface area contributed by atoms with E-state index in [1.165, 1.54) is 12.8 Å². The Morgan fingerprint density at radius 2 is 1.88 bits per heavy atom. The smallest absolute Gasteiger partial charge is 0.0563 e. The Labute approximate surface area is 106 Å². The molecule has 1 unspecified atom stereocenters. The Kier molecular flexibility index (Phi) is 3.87. The van der Waals surface area contributed by atoms with Crippen LogP contribution in [0.3, 0.4) is 0 Å². The molecule has 1 aliphatic carbocycles. The van der Waals surface area contributed by atoms with E-state index < -0.39 is 10.8 Å². The number of aryl methyl sites for hydroxylation is 1. The Balaban J connectivity index is 2.14. The summed E-state index contributed by atoms with van der Waals surface area (Å²) in [5.41, 5.74) is 7.53. The molecule has 1 aromatic carbocycles. The third kappa shape index (κ3) is 2.89. The maximum absolute atomic E-state index is 12.5. The summed E-state index contributed by atoms with van der Waals surface area (Å²) < 4.78 is 12.5. The Hall–Kier alpha value is -0.830. The molecule has 17 heavy (non-hydrogen) atoms. The highest BCUT2D eigenvalue weighted by Crippen LogP contribution is 2.30. The first-order valence-corrected chi connectivity index (χ1v) is 7.56. The van der Waals surface area contributed by atoms with E-state index >= 15 is 0 Å². The fourth-order valence-electron chi connectivity index (χ4n) is 2.52. The molecule has 1 atom stereocenters. The largest absolute Gasteiger partial charge is 0.399 e. The van der Waals surface area contributed by atoms with Crippen molar-refractivity contribution in [2.24, 2.45) is 5.92 Å². The molecule has 1 fully saturated rings. The van der Waals surface area contributed by atoms with Gasteiger partial charge in [-0.3, -0.25) is 4.21 Å². The van der Waals surface area contributed by atoms with Crippen LogP contribution >= 0.6 is 0 Å². The Morgan fingerprint density at radius 3 is 2.47 bits per heavy atom. The van der Waals surface area contributed by atoms with Crippen LogP contribution in [0.5, 0.6) is 0 Å². The van der Waals surface area contributed by atoms with Gasteiger partial charge in [-0.15, -0.1) is 0 Å². The zero-order chi connectivity index (χ0) is 12.4. The molecule has 3 heteroatoms. The first-order chi connectivity index (χ1) is 8.08. The van der Waals surface area contributed by atoms with Gasteiger partial charge in [-0.2, -0.15) is 0 Å². The van der Waals surface area contributed by atoms with Gasteiger partial charge in [0.2, 0.25) is 0 Å². The van der Waals surface area contributed by atoms with Crippen molar-refractivity contribution in [1.82, 2.24) is 0 Å². The molecule has 0 bridgehead atoms. The third-order valence-electron chi connectivity index (χ3n) is 3.68. The lowest BCUT2D eigenvalue weighted by Gasteiger charge is -2.26. The van der Waals surface area contributed by atoms with Crippen LogP contribution in [0, 0.1) is 12.8 Å². The molecule has 0 aliphatic heterocycles. The number of hydrogen-bond acceptors (Lipinski definition) is 2. The average Bonchev–Trinajstić information content (AvgIpc) is 2.29. The number of rotatable bonds is 2. The van der Waals surface area contributed by atoms with E-state index in [0.29, 0.717) is 5.25 Å². The van der Waals surface area contributed by atoms with Crippen molar-refractivity contribution >= 4 is 16.5 Å². The second-order valence-electron chi connectivity index (χ2n) is 5.20. The zero-order valence-corrected chi connectivity index (χ0v) is 11.4. The normalized spacial score (nSPS) is 26.7. The summed E-state index contributed by atoms with van der Waals surface area (Å²) in [5.74, 6) is 0.802. The molecule has 2 rings (SSSR count). The standard InChI is InChI=1S/C14H21NOS/c1-10-3-6-13(7-4-10)17(16)14-8-5-12(15)9-11(14)2/h5,8-10,13H,3-4,6-7,15H2,1-2H3. The Bertz CT molecular complexity index is 422. The van der Waals surface area contributed by atoms with Gasteiger partial charge in [0, 0.05) is 15.8 Å². The van der Waals surface area contributed by atoms with Gasteiger partial charge in [0.25, 0.3) is 0 Å². The van der Waals surface area contributed by atoms with E-state index in [9.17, 15) is 4.21 Å². The van der Waals surface area contributed by atoms with Crippen LogP contribution in [-0.4, -0.2) is 9.46 Å². The van der Waals surface area contributed by atoms with Gasteiger partial charge in [-0.05, 0) is 62.3 Å². The molecule has 94 valence electrons. The van der Waals surface area contributed by atoms with Gasteiger partial charge in [-0.25, -0.2) is 0 Å². The lowest BCUT2D eigenvalue weighted by Crippen LogP contribution is -2.22. The van der Waals surface area contributed by atoms with Crippen LogP contribution in [0.1, 0.15) is 38.2 Å². The average molecular weight is 251 g/mol. The third-order valence-corrected chi connectivity index (χ3v) is 5.65. The summed E-state index contributed by atoms with van der Waals surface area (Å²) in [7, 11) is -0.860. The Morgan fingerprint density at radius 1 is 1.24 bits per heavy atom. The maximum Gasteiger partial charge on any atom is 0.0563 e. The molecule has 1 aliphatic rings. The maximum atomic E-state index is 12.5. The molecule has 2 nitrogen and oxygen atoms in total. The van der Waals surface area contributed by atoms with Crippen molar-refractivity contribution in [3.8, 4) is 0 Å². The summed E-state index contributed by atoms with van der Waals surface area (Å²) in [4.78, 5) is 0.971. The minimum atomic E-state index is -0.860. The number of nitrogen functional groups attached to an aromatic ring is 1. The van der Waals surface area contributed by atoms with Crippen molar-refractivity contribution in [3.05, 3.63) is 23.8 Å². The van der Waals surface area contributed by atoms with Gasteiger partial charge in [0.05, 0.1) is 10.8 Å². The topological polar surface area (TPSA) is 43.1 Å². The van der Waals surface area contributed by atoms with Crippen LogP contribution in [0.2, 0.25) is 0 Å². The summed E-state index contributed by atoms with van der Waals surface area (Å²) >= 11 is 0. The summed E-state index contributed by atoms with van der Waals surface area (Å²) in [6, 6.07) is 5.70. The van der Waals surface area contributed by atoms with Crippen LogP contribution in [-0.2, 0) is 10.8 Å². The molecule has 2 N–H and O–H groups in total. The van der Waals surface area contributed by atoms with E-state index in [-0.39, 0.29) is 0 Å². The second-order valence-corrected chi connectivity index (χ2v) is 6.91. The van der Waals surface area contributed by atoms with E-state index in [1.807, 2.05) is 25.1 Å². The van der Waals surface area contributed by atoms with Crippen LogP contribution in [0.4, 0.5) is 5.69 Å². The first-order valence-electron chi connectivity index (χ1n) is 6.34. The number of nitrogens with two attached hydrogens (primary N) is 1. The molecule has 0 aromatic heterocycles. The molecule has 0 heterocycles. The summed E-state index contributed by atoms with van der Waals surface area (Å²) in [6.07, 6.45) is 4.62. The quantitative estimate of drug-likeness (QED) is 0.820.